The van der Waals surface area contributed by atoms with Crippen LogP contribution in [-0.4, -0.2) is 17.4 Å². The maximum absolute atomic E-state index is 12.4. The second kappa shape index (κ2) is 7.23. The number of carbonyl (C=O) groups excluding carboxylic acids is 1. The SMILES string of the molecule is CCCNc1cnccc1C(=O)Nc1ccccc1I. The highest BCUT2D eigenvalue weighted by Gasteiger charge is 2.12. The van der Waals surface area contributed by atoms with Crippen molar-refractivity contribution in [2.45, 2.75) is 13.3 Å². The van der Waals surface area contributed by atoms with E-state index in [1.165, 1.54) is 0 Å². The third-order valence-corrected chi connectivity index (χ3v) is 3.69. The van der Waals surface area contributed by atoms with E-state index < -0.39 is 0 Å². The summed E-state index contributed by atoms with van der Waals surface area (Å²) in [5, 5.41) is 6.15. The quantitative estimate of drug-likeness (QED) is 0.776. The molecule has 1 amide bonds. The molecule has 0 saturated heterocycles. The minimum atomic E-state index is -0.130. The van der Waals surface area contributed by atoms with E-state index in [1.54, 1.807) is 18.5 Å². The van der Waals surface area contributed by atoms with Crippen molar-refractivity contribution in [3.63, 3.8) is 0 Å². The summed E-state index contributed by atoms with van der Waals surface area (Å²) >= 11 is 2.20. The molecule has 2 N–H and O–H groups in total. The fourth-order valence-electron chi connectivity index (χ4n) is 1.75. The van der Waals surface area contributed by atoms with Crippen molar-refractivity contribution < 1.29 is 4.79 Å². The number of benzene rings is 1. The van der Waals surface area contributed by atoms with Crippen molar-refractivity contribution in [1.82, 2.24) is 4.98 Å². The van der Waals surface area contributed by atoms with Crippen LogP contribution in [0.15, 0.2) is 42.7 Å². The number of hydrogen-bond donors (Lipinski definition) is 2. The lowest BCUT2D eigenvalue weighted by atomic mass is 10.2. The number of pyridine rings is 1. The molecule has 1 heterocycles. The number of halogens is 1. The molecule has 0 aliphatic carbocycles. The minimum Gasteiger partial charge on any atom is -0.383 e. The highest BCUT2D eigenvalue weighted by Crippen LogP contribution is 2.20. The van der Waals surface area contributed by atoms with Crippen LogP contribution >= 0.6 is 22.6 Å². The summed E-state index contributed by atoms with van der Waals surface area (Å²) in [5.74, 6) is -0.130. The number of anilines is 2. The minimum absolute atomic E-state index is 0.130. The van der Waals surface area contributed by atoms with Crippen LogP contribution in [0, 0.1) is 3.57 Å². The number of amides is 1. The van der Waals surface area contributed by atoms with Crippen LogP contribution in [0.25, 0.3) is 0 Å². The van der Waals surface area contributed by atoms with Crippen molar-refractivity contribution in [2.75, 3.05) is 17.2 Å². The first-order valence-corrected chi connectivity index (χ1v) is 7.54. The first-order valence-electron chi connectivity index (χ1n) is 6.46. The van der Waals surface area contributed by atoms with Gasteiger partial charge in [-0.05, 0) is 47.2 Å². The molecule has 1 aromatic carbocycles. The highest BCUT2D eigenvalue weighted by molar-refractivity contribution is 14.1. The molecule has 4 nitrogen and oxygen atoms in total. The Kier molecular flexibility index (Phi) is 5.34. The van der Waals surface area contributed by atoms with Gasteiger partial charge in [-0.1, -0.05) is 19.1 Å². The molecule has 0 bridgehead atoms. The summed E-state index contributed by atoms with van der Waals surface area (Å²) in [6, 6.07) is 9.42. The van der Waals surface area contributed by atoms with Crippen LogP contribution in [-0.2, 0) is 0 Å². The van der Waals surface area contributed by atoms with Gasteiger partial charge in [-0.2, -0.15) is 0 Å². The van der Waals surface area contributed by atoms with Crippen LogP contribution < -0.4 is 10.6 Å². The normalized spacial score (nSPS) is 10.1. The van der Waals surface area contributed by atoms with Crippen LogP contribution in [0.2, 0.25) is 0 Å². The van der Waals surface area contributed by atoms with Crippen molar-refractivity contribution >= 4 is 39.9 Å². The molecule has 2 aromatic rings. The summed E-state index contributed by atoms with van der Waals surface area (Å²) in [7, 11) is 0. The van der Waals surface area contributed by atoms with E-state index in [9.17, 15) is 4.79 Å². The zero-order valence-electron chi connectivity index (χ0n) is 11.2. The molecule has 0 fully saturated rings. The van der Waals surface area contributed by atoms with Gasteiger partial charge in [-0.3, -0.25) is 9.78 Å². The summed E-state index contributed by atoms with van der Waals surface area (Å²) in [6.07, 6.45) is 4.30. The number of rotatable bonds is 5. The van der Waals surface area contributed by atoms with Gasteiger partial charge in [-0.15, -0.1) is 0 Å². The number of aromatic nitrogens is 1. The number of hydrogen-bond acceptors (Lipinski definition) is 3. The Bertz CT molecular complexity index is 601. The Labute approximate surface area is 132 Å². The van der Waals surface area contributed by atoms with Gasteiger partial charge in [0.15, 0.2) is 0 Å². The Morgan fingerprint density at radius 1 is 1.25 bits per heavy atom. The topological polar surface area (TPSA) is 54.0 Å². The fraction of sp³-hybridized carbons (Fsp3) is 0.200. The molecule has 0 aliphatic rings. The van der Waals surface area contributed by atoms with Crippen molar-refractivity contribution in [2.24, 2.45) is 0 Å². The number of nitrogens with one attached hydrogen (secondary N) is 2. The summed E-state index contributed by atoms with van der Waals surface area (Å²) in [4.78, 5) is 16.4. The molecule has 0 aliphatic heterocycles. The lowest BCUT2D eigenvalue weighted by Gasteiger charge is -2.11. The van der Waals surface area contributed by atoms with Gasteiger partial charge < -0.3 is 10.6 Å². The Morgan fingerprint density at radius 2 is 2.05 bits per heavy atom. The third kappa shape index (κ3) is 3.69. The van der Waals surface area contributed by atoms with E-state index in [-0.39, 0.29) is 5.91 Å². The largest absolute Gasteiger partial charge is 0.383 e. The molecule has 0 saturated carbocycles. The predicted molar refractivity (Wildman–Crippen MR) is 90.1 cm³/mol. The Balaban J connectivity index is 2.19. The summed E-state index contributed by atoms with van der Waals surface area (Å²) < 4.78 is 1.01. The number of nitrogens with zero attached hydrogens (tertiary/aromatic N) is 1. The molecule has 2 rings (SSSR count). The summed E-state index contributed by atoms with van der Waals surface area (Å²) in [5.41, 5.74) is 2.18. The molecule has 0 radical (unpaired) electrons. The molecular formula is C15H16IN3O. The molecule has 0 spiro atoms. The van der Waals surface area contributed by atoms with Crippen molar-refractivity contribution in [1.29, 1.82) is 0 Å². The van der Waals surface area contributed by atoms with E-state index in [1.807, 2.05) is 24.3 Å². The monoisotopic (exact) mass is 381 g/mol. The first-order chi connectivity index (χ1) is 9.72. The maximum atomic E-state index is 12.4. The predicted octanol–water partition coefficient (Wildman–Crippen LogP) is 3.76. The van der Waals surface area contributed by atoms with Crippen LogP contribution in [0.3, 0.4) is 0 Å². The van der Waals surface area contributed by atoms with Gasteiger partial charge in [0, 0.05) is 16.3 Å². The van der Waals surface area contributed by atoms with Crippen molar-refractivity contribution in [3.8, 4) is 0 Å². The zero-order valence-corrected chi connectivity index (χ0v) is 13.3. The summed E-state index contributed by atoms with van der Waals surface area (Å²) in [6.45, 7) is 2.89. The molecule has 20 heavy (non-hydrogen) atoms. The fourth-order valence-corrected chi connectivity index (χ4v) is 2.27. The molecule has 0 unspecified atom stereocenters. The zero-order chi connectivity index (χ0) is 14.4. The van der Waals surface area contributed by atoms with E-state index >= 15 is 0 Å². The van der Waals surface area contributed by atoms with Gasteiger partial charge in [0.1, 0.15) is 0 Å². The van der Waals surface area contributed by atoms with E-state index in [4.69, 9.17) is 0 Å². The molecule has 104 valence electrons. The second-order valence-corrected chi connectivity index (χ2v) is 5.44. The average Bonchev–Trinajstić information content (AvgIpc) is 2.47. The number of para-hydroxylation sites is 1. The molecule has 5 heteroatoms. The lowest BCUT2D eigenvalue weighted by molar-refractivity contribution is 0.102. The standard InChI is InChI=1S/C15H16IN3O/c1-2-8-18-14-10-17-9-7-11(14)15(20)19-13-6-4-3-5-12(13)16/h3-7,9-10,18H,2,8H2,1H3,(H,19,20). The smallest absolute Gasteiger partial charge is 0.257 e. The first kappa shape index (κ1) is 14.8. The number of carbonyl (C=O) groups is 1. The maximum Gasteiger partial charge on any atom is 0.257 e. The Hall–Kier alpha value is -1.63. The van der Waals surface area contributed by atoms with Gasteiger partial charge in [0.05, 0.1) is 23.1 Å². The van der Waals surface area contributed by atoms with Gasteiger partial charge >= 0.3 is 0 Å². The van der Waals surface area contributed by atoms with E-state index in [0.29, 0.717) is 5.56 Å². The van der Waals surface area contributed by atoms with Gasteiger partial charge in [0.2, 0.25) is 0 Å². The van der Waals surface area contributed by atoms with Gasteiger partial charge in [0.25, 0.3) is 5.91 Å². The molecule has 1 aromatic heterocycles. The van der Waals surface area contributed by atoms with Crippen molar-refractivity contribution in [3.05, 3.63) is 51.9 Å². The average molecular weight is 381 g/mol. The highest BCUT2D eigenvalue weighted by atomic mass is 127. The van der Waals surface area contributed by atoms with Crippen LogP contribution in [0.4, 0.5) is 11.4 Å². The van der Waals surface area contributed by atoms with E-state index in [0.717, 1.165) is 27.9 Å². The molecule has 0 atom stereocenters. The van der Waals surface area contributed by atoms with Crippen LogP contribution in [0.1, 0.15) is 23.7 Å². The lowest BCUT2D eigenvalue weighted by Crippen LogP contribution is -2.16. The van der Waals surface area contributed by atoms with E-state index in [2.05, 4.69) is 45.1 Å². The van der Waals surface area contributed by atoms with Crippen LogP contribution in [0.5, 0.6) is 0 Å². The molecular weight excluding hydrogens is 365 g/mol. The van der Waals surface area contributed by atoms with Gasteiger partial charge in [-0.25, -0.2) is 0 Å². The Morgan fingerprint density at radius 3 is 2.80 bits per heavy atom. The second-order valence-electron chi connectivity index (χ2n) is 4.28. The third-order valence-electron chi connectivity index (χ3n) is 2.75.